The van der Waals surface area contributed by atoms with Gasteiger partial charge in [-0.05, 0) is 158 Å². The molecule has 0 heterocycles. The topological polar surface area (TPSA) is 206 Å². The van der Waals surface area contributed by atoms with Crippen LogP contribution in [0.3, 0.4) is 0 Å². The van der Waals surface area contributed by atoms with E-state index in [1.165, 1.54) is 18.2 Å². The predicted octanol–water partition coefficient (Wildman–Crippen LogP) is 11.5. The van der Waals surface area contributed by atoms with Crippen LogP contribution in [0.5, 0.6) is 23.0 Å². The molecule has 0 radical (unpaired) electrons. The van der Waals surface area contributed by atoms with Gasteiger partial charge in [-0.1, -0.05) is 103 Å². The molecule has 0 aliphatic carbocycles. The minimum absolute atomic E-state index is 0.0586. The van der Waals surface area contributed by atoms with Gasteiger partial charge in [0.2, 0.25) is 0 Å². The van der Waals surface area contributed by atoms with Gasteiger partial charge in [0.1, 0.15) is 23.0 Å². The third-order valence-corrected chi connectivity index (χ3v) is 11.7. The first kappa shape index (κ1) is 60.8. The van der Waals surface area contributed by atoms with Crippen LogP contribution in [0.2, 0.25) is 0 Å². The van der Waals surface area contributed by atoms with Gasteiger partial charge in [-0.15, -0.1) is 0 Å². The van der Waals surface area contributed by atoms with Gasteiger partial charge in [-0.25, -0.2) is 0 Å². The van der Waals surface area contributed by atoms with Crippen molar-refractivity contribution in [2.45, 2.75) is 6.92 Å². The maximum atomic E-state index is 12.6. The summed E-state index contributed by atoms with van der Waals surface area (Å²) in [5, 5.41) is 7.79. The molecule has 79 heavy (non-hydrogen) atoms. The van der Waals surface area contributed by atoms with E-state index >= 15 is 0 Å². The van der Waals surface area contributed by atoms with Gasteiger partial charge in [0, 0.05) is 55.6 Å². The van der Waals surface area contributed by atoms with Crippen LogP contribution in [-0.4, -0.2) is 72.1 Å². The zero-order valence-electron chi connectivity index (χ0n) is 43.4. The fraction of sp³-hybridized carbons (Fsp3) is 0.0820. The van der Waals surface area contributed by atoms with E-state index in [0.717, 1.165) is 45.1 Å². The minimum atomic E-state index is -0.602. The van der Waals surface area contributed by atoms with Crippen molar-refractivity contribution in [3.8, 4) is 23.0 Å². The number of nitrogens with two attached hydrogens (primary N) is 2. The van der Waals surface area contributed by atoms with E-state index in [1.54, 1.807) is 95.2 Å². The Morgan fingerprint density at radius 2 is 0.671 bits per heavy atom. The Balaban J connectivity index is 0.000000220. The summed E-state index contributed by atoms with van der Waals surface area (Å²) in [7, 11) is 6.47. The molecule has 8 rings (SSSR count). The van der Waals surface area contributed by atoms with Crippen molar-refractivity contribution in [1.29, 1.82) is 0 Å². The second kappa shape index (κ2) is 31.2. The molecule has 0 bridgehead atoms. The van der Waals surface area contributed by atoms with Crippen molar-refractivity contribution < 1.29 is 38.1 Å². The van der Waals surface area contributed by atoms with Gasteiger partial charge in [0.05, 0.1) is 39.9 Å². The average molecular weight is 1130 g/mol. The number of halogens is 2. The first-order valence-corrected chi connectivity index (χ1v) is 25.3. The summed E-state index contributed by atoms with van der Waals surface area (Å²) >= 11 is 20.3. The number of methoxy groups -OCH3 is 4. The summed E-state index contributed by atoms with van der Waals surface area (Å²) in [5.41, 5.74) is 24.9. The highest BCUT2D eigenvalue weighted by atomic mass is 35.5. The normalized spacial score (nSPS) is 10.5. The number of ether oxygens (including phenoxy) is 4. The molecule has 18 heteroatoms. The van der Waals surface area contributed by atoms with Crippen LogP contribution in [0.15, 0.2) is 210 Å². The number of nitrogens with zero attached hydrogens (tertiary/aromatic N) is 2. The molecule has 0 atom stereocenters. The molecule has 0 aliphatic rings. The standard InChI is InChI=1S/C24H24N6O2S2.C22H18O3.C8H4Cl2O2.C7H8O/c1-31-19-10-6-15(7-11-19)21(27-29-23(25)33)17-4-3-5-18(14-17)22(28-30-24(26)34)16-8-12-20(32-2)13-9-16;1-15-6-8-16(9-7-15)21(23)18-4-3-5-19(14-18)22(24)17-10-12-20(25-2)13-11-17;9-7(11)5-2-1-3-6(4-5)8(10)12;1-8-7-5-3-2-4-6-7/h3-14H,1-2H3,(H3,25,29,33)(H3,26,30,34);3-14H,1-2H3;1-4H;2-6H,1H3. The Kier molecular flexibility index (Phi) is 24.0. The highest BCUT2D eigenvalue weighted by molar-refractivity contribution is 7.80. The number of hydrogen-bond acceptors (Lipinski definition) is 12. The molecule has 14 nitrogen and oxygen atoms in total. The average Bonchev–Trinajstić information content (AvgIpc) is 3.49. The van der Waals surface area contributed by atoms with E-state index < -0.39 is 10.5 Å². The number of nitrogens with one attached hydrogen (secondary N) is 2. The predicted molar refractivity (Wildman–Crippen MR) is 321 cm³/mol. The lowest BCUT2D eigenvalue weighted by Gasteiger charge is -2.13. The summed E-state index contributed by atoms with van der Waals surface area (Å²) < 4.78 is 20.6. The van der Waals surface area contributed by atoms with E-state index in [1.807, 2.05) is 122 Å². The molecule has 0 spiro atoms. The van der Waals surface area contributed by atoms with Crippen LogP contribution in [0.1, 0.15) is 80.4 Å². The van der Waals surface area contributed by atoms with Gasteiger partial charge in [-0.2, -0.15) is 10.2 Å². The number of benzene rings is 8. The number of para-hydroxylation sites is 1. The molecular formula is C61H54Cl2N6O8S2. The maximum absolute atomic E-state index is 12.6. The molecule has 0 saturated carbocycles. The van der Waals surface area contributed by atoms with Gasteiger partial charge in [0.15, 0.2) is 21.8 Å². The van der Waals surface area contributed by atoms with Crippen molar-refractivity contribution in [3.05, 3.63) is 261 Å². The zero-order chi connectivity index (χ0) is 57.3. The summed E-state index contributed by atoms with van der Waals surface area (Å²) in [6.45, 7) is 1.97. The Morgan fingerprint density at radius 3 is 1.00 bits per heavy atom. The Bertz CT molecular complexity index is 3310. The fourth-order valence-electron chi connectivity index (χ4n) is 7.03. The molecule has 0 saturated heterocycles. The highest BCUT2D eigenvalue weighted by Crippen LogP contribution is 2.22. The molecular weight excluding hydrogens is 1080 g/mol. The Morgan fingerprint density at radius 1 is 0.380 bits per heavy atom. The molecule has 402 valence electrons. The maximum Gasteiger partial charge on any atom is 0.252 e. The van der Waals surface area contributed by atoms with Gasteiger partial charge < -0.3 is 30.4 Å². The lowest BCUT2D eigenvalue weighted by atomic mass is 9.96. The first-order chi connectivity index (χ1) is 38.0. The lowest BCUT2D eigenvalue weighted by molar-refractivity contribution is 0.103. The number of carbonyl (C=O) groups excluding carboxylic acids is 4. The van der Waals surface area contributed by atoms with Crippen LogP contribution in [-0.2, 0) is 0 Å². The van der Waals surface area contributed by atoms with Crippen LogP contribution >= 0.6 is 47.6 Å². The van der Waals surface area contributed by atoms with Crippen molar-refractivity contribution in [2.24, 2.45) is 21.7 Å². The number of carbonyl (C=O) groups is 4. The molecule has 0 fully saturated rings. The summed E-state index contributed by atoms with van der Waals surface area (Å²) in [5.74, 6) is 2.85. The van der Waals surface area contributed by atoms with E-state index in [0.29, 0.717) is 39.4 Å². The zero-order valence-corrected chi connectivity index (χ0v) is 46.6. The van der Waals surface area contributed by atoms with E-state index in [4.69, 9.17) is 78.1 Å². The number of hydrogen-bond donors (Lipinski definition) is 4. The largest absolute Gasteiger partial charge is 0.497 e. The number of hydrazone groups is 2. The van der Waals surface area contributed by atoms with Crippen LogP contribution in [0, 0.1) is 6.92 Å². The summed E-state index contributed by atoms with van der Waals surface area (Å²) in [6, 6.07) is 59.5. The molecule has 0 aliphatic heterocycles. The van der Waals surface area contributed by atoms with E-state index in [9.17, 15) is 19.2 Å². The van der Waals surface area contributed by atoms with E-state index in [2.05, 4.69) is 21.1 Å². The van der Waals surface area contributed by atoms with Crippen LogP contribution in [0.4, 0.5) is 0 Å². The number of thiocarbonyl (C=S) groups is 2. The Hall–Kier alpha value is -9.06. The smallest absolute Gasteiger partial charge is 0.252 e. The molecule has 0 amide bonds. The quantitative estimate of drug-likeness (QED) is 0.0234. The van der Waals surface area contributed by atoms with Crippen LogP contribution in [0.25, 0.3) is 0 Å². The summed E-state index contributed by atoms with van der Waals surface area (Å²) in [6.07, 6.45) is 0. The van der Waals surface area contributed by atoms with Gasteiger partial charge >= 0.3 is 0 Å². The molecule has 6 N–H and O–H groups in total. The molecule has 8 aromatic carbocycles. The molecule has 8 aromatic rings. The van der Waals surface area contributed by atoms with E-state index in [-0.39, 0.29) is 32.9 Å². The van der Waals surface area contributed by atoms with Crippen molar-refractivity contribution in [1.82, 2.24) is 10.9 Å². The third kappa shape index (κ3) is 19.2. The van der Waals surface area contributed by atoms with Gasteiger partial charge in [0.25, 0.3) is 10.5 Å². The van der Waals surface area contributed by atoms with Crippen LogP contribution < -0.4 is 41.3 Å². The monoisotopic (exact) mass is 1130 g/mol. The second-order valence-corrected chi connectivity index (χ2v) is 18.0. The second-order valence-electron chi connectivity index (χ2n) is 16.4. The fourth-order valence-corrected chi connectivity index (χ4v) is 7.35. The summed E-state index contributed by atoms with van der Waals surface area (Å²) in [4.78, 5) is 46.5. The SMILES string of the molecule is COc1ccc(C(=NNC(N)=S)c2cccc(C(=NNC(N)=S)c3ccc(OC)cc3)c2)cc1.COc1ccc(C(=O)c2cccc(C(=O)c3ccc(C)cc3)c2)cc1.COc1ccccc1.O=C(Cl)c1cccc(C(=O)Cl)c1. The molecule has 0 aromatic heterocycles. The lowest BCUT2D eigenvalue weighted by Crippen LogP contribution is -2.26. The first-order valence-electron chi connectivity index (χ1n) is 23.7. The number of ketones is 2. The highest BCUT2D eigenvalue weighted by Gasteiger charge is 2.16. The third-order valence-electron chi connectivity index (χ3n) is 11.0. The Labute approximate surface area is 479 Å². The van der Waals surface area contributed by atoms with Crippen molar-refractivity contribution in [3.63, 3.8) is 0 Å². The van der Waals surface area contributed by atoms with Crippen molar-refractivity contribution in [2.75, 3.05) is 28.4 Å². The number of aryl methyl sites for hydroxylation is 1. The minimum Gasteiger partial charge on any atom is -0.497 e. The molecule has 0 unspecified atom stereocenters. The van der Waals surface area contributed by atoms with Gasteiger partial charge in [-0.3, -0.25) is 30.0 Å². The number of rotatable bonds is 16. The van der Waals surface area contributed by atoms with Crippen molar-refractivity contribution >= 4 is 91.3 Å².